The topological polar surface area (TPSA) is 50.2 Å². The normalized spacial score (nSPS) is 10.7. The molecule has 4 nitrogen and oxygen atoms in total. The summed E-state index contributed by atoms with van der Waals surface area (Å²) in [6.45, 7) is 0. The Morgan fingerprint density at radius 3 is 3.00 bits per heavy atom. The highest BCUT2D eigenvalue weighted by Crippen LogP contribution is 2.13. The lowest BCUT2D eigenvalue weighted by Crippen LogP contribution is -1.90. The van der Waals surface area contributed by atoms with Crippen LogP contribution in [0.3, 0.4) is 0 Å². The van der Waals surface area contributed by atoms with Gasteiger partial charge in [-0.3, -0.25) is 5.43 Å². The second kappa shape index (κ2) is 4.99. The molecule has 0 aliphatic heterocycles. The van der Waals surface area contributed by atoms with Crippen molar-refractivity contribution in [2.24, 2.45) is 5.10 Å². The Hall–Kier alpha value is -1.27. The third-order valence-electron chi connectivity index (χ3n) is 1.63. The minimum absolute atomic E-state index is 0.679. The lowest BCUT2D eigenvalue weighted by Gasteiger charge is -1.96. The summed E-state index contributed by atoms with van der Waals surface area (Å²) in [6.07, 6.45) is 1.73. The molecular weight excluding hydrogens is 276 g/mol. The van der Waals surface area contributed by atoms with Crippen LogP contribution in [0.5, 0.6) is 0 Å². The van der Waals surface area contributed by atoms with Gasteiger partial charge in [-0.15, -0.1) is 10.2 Å². The summed E-state index contributed by atoms with van der Waals surface area (Å²) < 4.78 is 1.01. The number of halogens is 1. The molecule has 2 aromatic rings. The van der Waals surface area contributed by atoms with Crippen LogP contribution in [0.1, 0.15) is 5.56 Å². The second-order valence-electron chi connectivity index (χ2n) is 2.64. The van der Waals surface area contributed by atoms with E-state index >= 15 is 0 Å². The number of anilines is 1. The molecule has 0 unspecified atom stereocenters. The lowest BCUT2D eigenvalue weighted by atomic mass is 10.2. The van der Waals surface area contributed by atoms with Gasteiger partial charge in [-0.05, 0) is 6.07 Å². The maximum absolute atomic E-state index is 4.05. The number of hydrazone groups is 1. The fourth-order valence-corrected chi connectivity index (χ4v) is 1.74. The van der Waals surface area contributed by atoms with Crippen molar-refractivity contribution in [2.45, 2.75) is 0 Å². The first-order valence-electron chi connectivity index (χ1n) is 4.16. The zero-order valence-electron chi connectivity index (χ0n) is 7.59. The molecule has 1 aromatic carbocycles. The van der Waals surface area contributed by atoms with E-state index in [2.05, 4.69) is 36.7 Å². The van der Waals surface area contributed by atoms with Gasteiger partial charge in [0.1, 0.15) is 5.51 Å². The fraction of sp³-hybridized carbons (Fsp3) is 0. The molecule has 1 N–H and O–H groups in total. The van der Waals surface area contributed by atoms with Gasteiger partial charge < -0.3 is 0 Å². The summed E-state index contributed by atoms with van der Waals surface area (Å²) in [5, 5.41) is 12.2. The number of aromatic nitrogens is 2. The Morgan fingerprint density at radius 1 is 1.40 bits per heavy atom. The monoisotopic (exact) mass is 282 g/mol. The molecule has 0 aliphatic carbocycles. The van der Waals surface area contributed by atoms with E-state index in [1.54, 1.807) is 11.7 Å². The molecule has 0 saturated heterocycles. The Morgan fingerprint density at radius 2 is 2.27 bits per heavy atom. The highest BCUT2D eigenvalue weighted by molar-refractivity contribution is 9.10. The van der Waals surface area contributed by atoms with Crippen LogP contribution in [-0.4, -0.2) is 16.4 Å². The molecule has 2 rings (SSSR count). The molecule has 0 radical (unpaired) electrons. The van der Waals surface area contributed by atoms with Gasteiger partial charge in [-0.25, -0.2) is 0 Å². The predicted octanol–water partition coefficient (Wildman–Crippen LogP) is 2.75. The Labute approximate surface area is 99.2 Å². The Balaban J connectivity index is 2.03. The van der Waals surface area contributed by atoms with Crippen LogP contribution in [0, 0.1) is 0 Å². The molecular formula is C9H7BrN4S. The number of rotatable bonds is 3. The zero-order valence-corrected chi connectivity index (χ0v) is 9.99. The zero-order chi connectivity index (χ0) is 10.5. The third-order valence-corrected chi connectivity index (χ3v) is 2.95. The van der Waals surface area contributed by atoms with Gasteiger partial charge in [0, 0.05) is 10.0 Å². The molecule has 76 valence electrons. The van der Waals surface area contributed by atoms with Crippen molar-refractivity contribution in [3.8, 4) is 0 Å². The lowest BCUT2D eigenvalue weighted by molar-refractivity contribution is 1.08. The number of nitrogens with zero attached hydrogens (tertiary/aromatic N) is 3. The third kappa shape index (κ3) is 2.84. The SMILES string of the molecule is Brc1ccccc1/C=N/Nc1nncs1. The van der Waals surface area contributed by atoms with Crippen LogP contribution in [-0.2, 0) is 0 Å². The van der Waals surface area contributed by atoms with Gasteiger partial charge in [-0.1, -0.05) is 45.5 Å². The standard InChI is InChI=1S/C9H7BrN4S/c10-8-4-2-1-3-7(8)5-11-13-9-14-12-6-15-9/h1-6H,(H,13,14)/b11-5+. The molecule has 6 heteroatoms. The van der Waals surface area contributed by atoms with Crippen LogP contribution < -0.4 is 5.43 Å². The van der Waals surface area contributed by atoms with Crippen molar-refractivity contribution in [1.29, 1.82) is 0 Å². The largest absolute Gasteiger partial charge is 0.251 e. The van der Waals surface area contributed by atoms with E-state index in [0.29, 0.717) is 5.13 Å². The number of hydrogen-bond acceptors (Lipinski definition) is 5. The van der Waals surface area contributed by atoms with Gasteiger partial charge >= 0.3 is 0 Å². The maximum atomic E-state index is 4.05. The molecule has 0 saturated carbocycles. The van der Waals surface area contributed by atoms with Crippen LogP contribution in [0.25, 0.3) is 0 Å². The van der Waals surface area contributed by atoms with Crippen molar-refractivity contribution in [3.05, 3.63) is 39.8 Å². The van der Waals surface area contributed by atoms with Gasteiger partial charge in [0.15, 0.2) is 0 Å². The highest BCUT2D eigenvalue weighted by Gasteiger charge is 1.94. The number of hydrogen-bond donors (Lipinski definition) is 1. The van der Waals surface area contributed by atoms with E-state index in [4.69, 9.17) is 0 Å². The van der Waals surface area contributed by atoms with E-state index in [9.17, 15) is 0 Å². The molecule has 1 aromatic heterocycles. The van der Waals surface area contributed by atoms with Crippen LogP contribution >= 0.6 is 27.3 Å². The fourth-order valence-electron chi connectivity index (χ4n) is 0.959. The molecule has 0 bridgehead atoms. The quantitative estimate of drug-likeness (QED) is 0.696. The maximum Gasteiger partial charge on any atom is 0.225 e. The highest BCUT2D eigenvalue weighted by atomic mass is 79.9. The van der Waals surface area contributed by atoms with E-state index in [0.717, 1.165) is 10.0 Å². The molecule has 0 aliphatic rings. The first-order valence-corrected chi connectivity index (χ1v) is 5.83. The number of benzene rings is 1. The first kappa shape index (κ1) is 10.3. The van der Waals surface area contributed by atoms with Gasteiger partial charge in [0.2, 0.25) is 5.13 Å². The van der Waals surface area contributed by atoms with E-state index in [-0.39, 0.29) is 0 Å². The minimum atomic E-state index is 0.679. The van der Waals surface area contributed by atoms with Crippen molar-refractivity contribution >= 4 is 38.6 Å². The Bertz CT molecular complexity index is 455. The van der Waals surface area contributed by atoms with E-state index in [1.165, 1.54) is 11.3 Å². The van der Waals surface area contributed by atoms with Crippen LogP contribution in [0.15, 0.2) is 39.4 Å². The summed E-state index contributed by atoms with van der Waals surface area (Å²) >= 11 is 4.83. The number of nitrogens with one attached hydrogen (secondary N) is 1. The van der Waals surface area contributed by atoms with Gasteiger partial charge in [0.25, 0.3) is 0 Å². The van der Waals surface area contributed by atoms with Crippen molar-refractivity contribution in [3.63, 3.8) is 0 Å². The smallest absolute Gasteiger partial charge is 0.225 e. The molecule has 0 fully saturated rings. The molecule has 0 amide bonds. The van der Waals surface area contributed by atoms with Crippen LogP contribution in [0.2, 0.25) is 0 Å². The Kier molecular flexibility index (Phi) is 3.41. The van der Waals surface area contributed by atoms with Crippen molar-refractivity contribution in [2.75, 3.05) is 5.43 Å². The molecule has 0 spiro atoms. The first-order chi connectivity index (χ1) is 7.36. The summed E-state index contributed by atoms with van der Waals surface area (Å²) in [5.74, 6) is 0. The minimum Gasteiger partial charge on any atom is -0.251 e. The summed E-state index contributed by atoms with van der Waals surface area (Å²) in [6, 6.07) is 7.85. The average Bonchev–Trinajstić information content (AvgIpc) is 2.74. The van der Waals surface area contributed by atoms with Gasteiger partial charge in [-0.2, -0.15) is 5.10 Å². The molecule has 1 heterocycles. The van der Waals surface area contributed by atoms with Gasteiger partial charge in [0.05, 0.1) is 6.21 Å². The van der Waals surface area contributed by atoms with E-state index in [1.807, 2.05) is 24.3 Å². The predicted molar refractivity (Wildman–Crippen MR) is 65.3 cm³/mol. The van der Waals surface area contributed by atoms with Crippen molar-refractivity contribution < 1.29 is 0 Å². The van der Waals surface area contributed by atoms with E-state index < -0.39 is 0 Å². The summed E-state index contributed by atoms with van der Waals surface area (Å²) in [4.78, 5) is 0. The summed E-state index contributed by atoms with van der Waals surface area (Å²) in [7, 11) is 0. The molecule has 15 heavy (non-hydrogen) atoms. The van der Waals surface area contributed by atoms with Crippen LogP contribution in [0.4, 0.5) is 5.13 Å². The summed E-state index contributed by atoms with van der Waals surface area (Å²) in [5.41, 5.74) is 5.45. The average molecular weight is 283 g/mol. The molecule has 0 atom stereocenters. The second-order valence-corrected chi connectivity index (χ2v) is 4.32. The van der Waals surface area contributed by atoms with Crippen molar-refractivity contribution in [1.82, 2.24) is 10.2 Å².